The number of thioether (sulfide) groups is 1. The van der Waals surface area contributed by atoms with Gasteiger partial charge in [0.1, 0.15) is 22.4 Å². The number of thiophene rings is 1. The van der Waals surface area contributed by atoms with Crippen LogP contribution in [0.15, 0.2) is 10.6 Å². The maximum Gasteiger partial charge on any atom is 0.243 e. The molecule has 3 N–H and O–H groups in total. The molecule has 0 saturated heterocycles. The van der Waals surface area contributed by atoms with Crippen molar-refractivity contribution in [3.05, 3.63) is 26.9 Å². The summed E-state index contributed by atoms with van der Waals surface area (Å²) < 4.78 is 0. The molecule has 0 bridgehead atoms. The van der Waals surface area contributed by atoms with E-state index in [2.05, 4.69) is 21.4 Å². The van der Waals surface area contributed by atoms with E-state index in [1.807, 2.05) is 19.9 Å². The average molecular weight is 399 g/mol. The molecule has 0 radical (unpaired) electrons. The number of carbonyl (C=O) groups is 1. The molecule has 3 heterocycles. The van der Waals surface area contributed by atoms with Crippen LogP contribution >= 0.6 is 23.1 Å². The van der Waals surface area contributed by atoms with Crippen LogP contribution < -0.4 is 11.1 Å². The molecule has 27 heavy (non-hydrogen) atoms. The van der Waals surface area contributed by atoms with E-state index in [0.29, 0.717) is 28.0 Å². The van der Waals surface area contributed by atoms with E-state index in [-0.39, 0.29) is 0 Å². The van der Waals surface area contributed by atoms with Gasteiger partial charge in [0.2, 0.25) is 5.91 Å². The van der Waals surface area contributed by atoms with Crippen molar-refractivity contribution in [2.75, 3.05) is 5.73 Å². The van der Waals surface area contributed by atoms with Crippen LogP contribution in [0.4, 0.5) is 5.82 Å². The van der Waals surface area contributed by atoms with Gasteiger partial charge in [-0.15, -0.1) is 11.3 Å². The van der Waals surface area contributed by atoms with E-state index < -0.39 is 17.2 Å². The molecule has 1 aliphatic heterocycles. The Kier molecular flexibility index (Phi) is 4.85. The maximum absolute atomic E-state index is 12.3. The van der Waals surface area contributed by atoms with Crippen LogP contribution in [0.3, 0.4) is 0 Å². The number of hydrogen-bond donors (Lipinski definition) is 2. The number of nitriles is 2. The zero-order valence-electron chi connectivity index (χ0n) is 15.4. The first-order valence-corrected chi connectivity index (χ1v) is 10.0. The molecule has 0 spiro atoms. The van der Waals surface area contributed by atoms with Crippen LogP contribution in [0, 0.1) is 47.8 Å². The molecule has 1 atom stereocenters. The number of anilines is 1. The predicted octanol–water partition coefficient (Wildman–Crippen LogP) is 3.15. The van der Waals surface area contributed by atoms with E-state index in [1.54, 1.807) is 25.2 Å². The minimum atomic E-state index is -0.906. The van der Waals surface area contributed by atoms with Gasteiger partial charge < -0.3 is 11.1 Å². The lowest BCUT2D eigenvalue weighted by Gasteiger charge is -2.34. The van der Waals surface area contributed by atoms with Crippen LogP contribution in [-0.4, -0.2) is 15.9 Å². The number of allylic oxidation sites excluding steroid dienone is 1. The van der Waals surface area contributed by atoms with Crippen molar-refractivity contribution >= 4 is 45.0 Å². The SMILES string of the molecule is Cc1sc2nc(CSC3=C(C#N)C(C)(C)[C@@H](C#N)C(=O)N3)nc(N)c2c1C. The summed E-state index contributed by atoms with van der Waals surface area (Å²) in [5.74, 6) is 0.0146. The van der Waals surface area contributed by atoms with Gasteiger partial charge in [-0.2, -0.15) is 10.5 Å². The Hall–Kier alpha value is -2.62. The predicted molar refractivity (Wildman–Crippen MR) is 106 cm³/mol. The topological polar surface area (TPSA) is 128 Å². The molecular formula is C18H18N6OS2. The normalized spacial score (nSPS) is 18.9. The van der Waals surface area contributed by atoms with E-state index >= 15 is 0 Å². The van der Waals surface area contributed by atoms with Gasteiger partial charge in [-0.3, -0.25) is 4.79 Å². The Balaban J connectivity index is 1.93. The number of nitrogens with zero attached hydrogens (tertiary/aromatic N) is 4. The van der Waals surface area contributed by atoms with Gasteiger partial charge in [0.25, 0.3) is 0 Å². The van der Waals surface area contributed by atoms with Crippen molar-refractivity contribution in [1.82, 2.24) is 15.3 Å². The Morgan fingerprint density at radius 2 is 2.04 bits per heavy atom. The zero-order valence-corrected chi connectivity index (χ0v) is 17.0. The number of carbonyl (C=O) groups excluding carboxylic acids is 1. The first-order valence-electron chi connectivity index (χ1n) is 8.21. The number of nitrogens with one attached hydrogen (secondary N) is 1. The van der Waals surface area contributed by atoms with Gasteiger partial charge in [-0.25, -0.2) is 9.97 Å². The fourth-order valence-electron chi connectivity index (χ4n) is 3.06. The number of nitrogen functional groups attached to an aromatic ring is 1. The third-order valence-corrected chi connectivity index (χ3v) is 6.88. The van der Waals surface area contributed by atoms with Gasteiger partial charge in [-0.1, -0.05) is 25.6 Å². The van der Waals surface area contributed by atoms with Crippen LogP contribution in [0.25, 0.3) is 10.2 Å². The summed E-state index contributed by atoms with van der Waals surface area (Å²) in [5, 5.41) is 22.9. The number of hydrogen-bond acceptors (Lipinski definition) is 8. The van der Waals surface area contributed by atoms with Crippen LogP contribution in [-0.2, 0) is 10.5 Å². The van der Waals surface area contributed by atoms with Gasteiger partial charge in [0.15, 0.2) is 0 Å². The van der Waals surface area contributed by atoms with Crippen LogP contribution in [0.1, 0.15) is 30.1 Å². The van der Waals surface area contributed by atoms with E-state index in [9.17, 15) is 15.3 Å². The lowest BCUT2D eigenvalue weighted by molar-refractivity contribution is -0.125. The molecule has 2 aromatic heterocycles. The van der Waals surface area contributed by atoms with Gasteiger partial charge in [0, 0.05) is 10.3 Å². The number of aryl methyl sites for hydroxylation is 2. The van der Waals surface area contributed by atoms with Crippen molar-refractivity contribution in [3.63, 3.8) is 0 Å². The van der Waals surface area contributed by atoms with Gasteiger partial charge in [-0.05, 0) is 19.4 Å². The van der Waals surface area contributed by atoms with E-state index in [1.165, 1.54) is 11.8 Å². The van der Waals surface area contributed by atoms with Crippen molar-refractivity contribution in [2.45, 2.75) is 33.4 Å². The van der Waals surface area contributed by atoms with Crippen LogP contribution in [0.5, 0.6) is 0 Å². The first-order chi connectivity index (χ1) is 12.7. The Morgan fingerprint density at radius 3 is 2.67 bits per heavy atom. The Labute approximate surface area is 165 Å². The highest BCUT2D eigenvalue weighted by molar-refractivity contribution is 8.02. The third-order valence-electron chi connectivity index (χ3n) is 4.78. The minimum absolute atomic E-state index is 0.351. The standard InChI is InChI=1S/C18H18N6OS2/c1-8-9(2)27-17-13(8)14(21)22-12(23-17)7-26-16-11(6-20)18(3,4)10(5-19)15(25)24-16/h10H,7H2,1-4H3,(H,24,25)(H2,21,22,23)/t10-/m0/s1. The number of nitrogens with two attached hydrogens (primary N) is 1. The second-order valence-electron chi connectivity index (χ2n) is 6.87. The fraction of sp³-hybridized carbons (Fsp3) is 0.389. The largest absolute Gasteiger partial charge is 0.383 e. The molecule has 2 aromatic rings. The minimum Gasteiger partial charge on any atom is -0.383 e. The highest BCUT2D eigenvalue weighted by atomic mass is 32.2. The molecule has 0 aliphatic carbocycles. The number of fused-ring (bicyclic) bond motifs is 1. The van der Waals surface area contributed by atoms with Crippen molar-refractivity contribution in [3.8, 4) is 12.1 Å². The lowest BCUT2D eigenvalue weighted by Crippen LogP contribution is -2.44. The summed E-state index contributed by atoms with van der Waals surface area (Å²) in [6.07, 6.45) is 0. The molecule has 0 saturated carbocycles. The fourth-order valence-corrected chi connectivity index (χ4v) is 5.15. The second-order valence-corrected chi connectivity index (χ2v) is 9.05. The van der Waals surface area contributed by atoms with Crippen molar-refractivity contribution in [1.29, 1.82) is 10.5 Å². The highest BCUT2D eigenvalue weighted by Gasteiger charge is 2.44. The summed E-state index contributed by atoms with van der Waals surface area (Å²) in [5.41, 5.74) is 6.72. The van der Waals surface area contributed by atoms with Crippen molar-refractivity contribution in [2.24, 2.45) is 11.3 Å². The molecule has 7 nitrogen and oxygen atoms in total. The quantitative estimate of drug-likeness (QED) is 0.812. The summed E-state index contributed by atoms with van der Waals surface area (Å²) in [7, 11) is 0. The Morgan fingerprint density at radius 1 is 1.33 bits per heavy atom. The molecular weight excluding hydrogens is 380 g/mol. The second kappa shape index (κ2) is 6.84. The maximum atomic E-state index is 12.3. The number of rotatable bonds is 3. The highest BCUT2D eigenvalue weighted by Crippen LogP contribution is 2.42. The molecule has 0 unspecified atom stereocenters. The number of aromatic nitrogens is 2. The summed E-state index contributed by atoms with van der Waals surface area (Å²) in [4.78, 5) is 23.2. The number of amides is 1. The molecule has 0 fully saturated rings. The molecule has 3 rings (SSSR count). The van der Waals surface area contributed by atoms with Gasteiger partial charge >= 0.3 is 0 Å². The Bertz CT molecular complexity index is 1070. The first kappa shape index (κ1) is 19.2. The van der Waals surface area contributed by atoms with Crippen molar-refractivity contribution < 1.29 is 4.79 Å². The zero-order chi connectivity index (χ0) is 19.9. The lowest BCUT2D eigenvalue weighted by atomic mass is 9.72. The molecule has 9 heteroatoms. The summed E-state index contributed by atoms with van der Waals surface area (Å²) in [6, 6.07) is 4.14. The molecule has 0 aromatic carbocycles. The summed E-state index contributed by atoms with van der Waals surface area (Å²) >= 11 is 2.84. The van der Waals surface area contributed by atoms with Gasteiger partial charge in [0.05, 0.1) is 33.9 Å². The molecule has 138 valence electrons. The molecule has 1 amide bonds. The molecule has 1 aliphatic rings. The van der Waals surface area contributed by atoms with E-state index in [0.717, 1.165) is 20.7 Å². The monoisotopic (exact) mass is 398 g/mol. The summed E-state index contributed by atoms with van der Waals surface area (Å²) in [6.45, 7) is 7.48. The van der Waals surface area contributed by atoms with Crippen LogP contribution in [0.2, 0.25) is 0 Å². The van der Waals surface area contributed by atoms with E-state index in [4.69, 9.17) is 5.73 Å². The third kappa shape index (κ3) is 3.14. The smallest absolute Gasteiger partial charge is 0.243 e. The average Bonchev–Trinajstić information content (AvgIpc) is 2.87.